The second kappa shape index (κ2) is 8.23. The Morgan fingerprint density at radius 3 is 2.50 bits per heavy atom. The molecular weight excluding hydrogens is 342 g/mol. The van der Waals surface area contributed by atoms with E-state index >= 15 is 0 Å². The lowest BCUT2D eigenvalue weighted by Gasteiger charge is -2.17. The first-order valence-electron chi connectivity index (χ1n) is 9.66. The number of nitrogens with one attached hydrogen (secondary N) is 2. The van der Waals surface area contributed by atoms with Crippen LogP contribution in [0.25, 0.3) is 0 Å². The Morgan fingerprint density at radius 2 is 1.85 bits per heavy atom. The molecule has 5 heteroatoms. The zero-order chi connectivity index (χ0) is 17.8. The van der Waals surface area contributed by atoms with E-state index in [-0.39, 0.29) is 12.1 Å². The van der Waals surface area contributed by atoms with E-state index in [0.717, 1.165) is 12.1 Å². The summed E-state index contributed by atoms with van der Waals surface area (Å²) in [5, 5.41) is 8.25. The first-order valence-corrected chi connectivity index (χ1v) is 10.5. The molecule has 1 aliphatic heterocycles. The minimum absolute atomic E-state index is 0.0727. The van der Waals surface area contributed by atoms with Crippen LogP contribution in [0.1, 0.15) is 47.7 Å². The molecule has 1 atom stereocenters. The monoisotopic (exact) mass is 369 g/mol. The summed E-state index contributed by atoms with van der Waals surface area (Å²) in [6, 6.07) is 12.9. The van der Waals surface area contributed by atoms with Crippen molar-refractivity contribution in [3.63, 3.8) is 0 Å². The highest BCUT2D eigenvalue weighted by Crippen LogP contribution is 2.42. The number of carbonyl (C=O) groups excluding carboxylic acids is 1. The Balaban J connectivity index is 1.26. The van der Waals surface area contributed by atoms with Crippen molar-refractivity contribution in [3.05, 3.63) is 57.8 Å². The molecule has 2 fully saturated rings. The summed E-state index contributed by atoms with van der Waals surface area (Å²) in [7, 11) is 0. The molecule has 4 nitrogen and oxygen atoms in total. The van der Waals surface area contributed by atoms with Crippen LogP contribution in [0.2, 0.25) is 0 Å². The average molecular weight is 370 g/mol. The van der Waals surface area contributed by atoms with Crippen LogP contribution >= 0.6 is 11.3 Å². The molecule has 2 aromatic rings. The molecule has 1 saturated heterocycles. The highest BCUT2D eigenvalue weighted by atomic mass is 32.1. The van der Waals surface area contributed by atoms with E-state index in [4.69, 9.17) is 0 Å². The largest absolute Gasteiger partial charge is 0.334 e. The van der Waals surface area contributed by atoms with Crippen molar-refractivity contribution in [1.29, 1.82) is 0 Å². The smallest absolute Gasteiger partial charge is 0.315 e. The molecule has 2 amide bonds. The van der Waals surface area contributed by atoms with E-state index in [1.165, 1.54) is 49.2 Å². The Labute approximate surface area is 159 Å². The number of amides is 2. The number of benzene rings is 1. The van der Waals surface area contributed by atoms with Crippen molar-refractivity contribution in [2.75, 3.05) is 13.1 Å². The van der Waals surface area contributed by atoms with Gasteiger partial charge >= 0.3 is 6.03 Å². The molecule has 0 spiro atoms. The number of urea groups is 1. The average Bonchev–Trinajstić information content (AvgIpc) is 3.11. The number of carbonyl (C=O) groups is 1. The molecule has 2 aliphatic rings. The number of likely N-dealkylation sites (tertiary alicyclic amines) is 1. The first-order chi connectivity index (χ1) is 12.8. The zero-order valence-electron chi connectivity index (χ0n) is 15.1. The van der Waals surface area contributed by atoms with Gasteiger partial charge in [0.05, 0.1) is 6.04 Å². The molecular formula is C21H27N3OS. The normalized spacial score (nSPS) is 18.6. The fourth-order valence-corrected chi connectivity index (χ4v) is 4.52. The van der Waals surface area contributed by atoms with E-state index in [0.29, 0.717) is 12.5 Å². The fraction of sp³-hybridized carbons (Fsp3) is 0.476. The Bertz CT molecular complexity index is 703. The molecule has 1 aromatic carbocycles. The van der Waals surface area contributed by atoms with Gasteiger partial charge in [-0.15, -0.1) is 11.3 Å². The van der Waals surface area contributed by atoms with Gasteiger partial charge < -0.3 is 10.6 Å². The molecule has 0 bridgehead atoms. The van der Waals surface area contributed by atoms with Crippen molar-refractivity contribution < 1.29 is 4.79 Å². The van der Waals surface area contributed by atoms with E-state index in [9.17, 15) is 4.79 Å². The summed E-state index contributed by atoms with van der Waals surface area (Å²) in [6.07, 6.45) is 5.07. The molecule has 2 N–H and O–H groups in total. The van der Waals surface area contributed by atoms with Crippen molar-refractivity contribution >= 4 is 17.4 Å². The lowest BCUT2D eigenvalue weighted by molar-refractivity contribution is 0.235. The van der Waals surface area contributed by atoms with Gasteiger partial charge in [-0.25, -0.2) is 4.79 Å². The van der Waals surface area contributed by atoms with E-state index in [1.54, 1.807) is 11.3 Å². The molecule has 4 rings (SSSR count). The summed E-state index contributed by atoms with van der Waals surface area (Å²) >= 11 is 1.72. The number of nitrogens with zero attached hydrogens (tertiary/aromatic N) is 1. The van der Waals surface area contributed by atoms with Crippen molar-refractivity contribution in [3.8, 4) is 0 Å². The minimum Gasteiger partial charge on any atom is -0.334 e. The standard InChI is InChI=1S/C21H27N3OS/c25-21(23-20(18-9-10-18)19-4-3-13-26-19)22-14-16-5-7-17(8-6-16)15-24-11-1-2-12-24/h3-8,13,18,20H,1-2,9-12,14-15H2,(H2,22,23,25). The van der Waals surface area contributed by atoms with Gasteiger partial charge in [-0.1, -0.05) is 30.3 Å². The third-order valence-corrected chi connectivity index (χ3v) is 6.27. The molecule has 1 aliphatic carbocycles. The van der Waals surface area contributed by atoms with Crippen molar-refractivity contribution in [2.45, 2.75) is 44.8 Å². The maximum atomic E-state index is 12.3. The second-order valence-corrected chi connectivity index (χ2v) is 8.44. The molecule has 138 valence electrons. The summed E-state index contributed by atoms with van der Waals surface area (Å²) in [6.45, 7) is 4.04. The molecule has 26 heavy (non-hydrogen) atoms. The van der Waals surface area contributed by atoms with Gasteiger partial charge in [0.1, 0.15) is 0 Å². The highest BCUT2D eigenvalue weighted by molar-refractivity contribution is 7.10. The molecule has 1 unspecified atom stereocenters. The minimum atomic E-state index is -0.0727. The lowest BCUT2D eigenvalue weighted by Crippen LogP contribution is -2.38. The number of hydrogen-bond donors (Lipinski definition) is 2. The summed E-state index contributed by atoms with van der Waals surface area (Å²) in [4.78, 5) is 16.1. The number of hydrogen-bond acceptors (Lipinski definition) is 3. The van der Waals surface area contributed by atoms with Gasteiger partial charge in [-0.2, -0.15) is 0 Å². The van der Waals surface area contributed by atoms with Crippen LogP contribution in [-0.2, 0) is 13.1 Å². The SMILES string of the molecule is O=C(NCc1ccc(CN2CCCC2)cc1)NC(c1cccs1)C1CC1. The van der Waals surface area contributed by atoms with Crippen molar-refractivity contribution in [1.82, 2.24) is 15.5 Å². The number of thiophene rings is 1. The van der Waals surface area contributed by atoms with Crippen LogP contribution in [0.5, 0.6) is 0 Å². The maximum Gasteiger partial charge on any atom is 0.315 e. The van der Waals surface area contributed by atoms with Gasteiger partial charge in [0.15, 0.2) is 0 Å². The van der Waals surface area contributed by atoms with Crippen LogP contribution in [-0.4, -0.2) is 24.0 Å². The summed E-state index contributed by atoms with van der Waals surface area (Å²) in [5.41, 5.74) is 2.50. The Kier molecular flexibility index (Phi) is 5.56. The predicted molar refractivity (Wildman–Crippen MR) is 106 cm³/mol. The third-order valence-electron chi connectivity index (χ3n) is 5.31. The highest BCUT2D eigenvalue weighted by Gasteiger charge is 2.33. The first kappa shape index (κ1) is 17.6. The maximum absolute atomic E-state index is 12.3. The van der Waals surface area contributed by atoms with E-state index < -0.39 is 0 Å². The third kappa shape index (κ3) is 4.65. The Hall–Kier alpha value is -1.85. The second-order valence-electron chi connectivity index (χ2n) is 7.46. The summed E-state index contributed by atoms with van der Waals surface area (Å²) < 4.78 is 0. The van der Waals surface area contributed by atoms with Crippen LogP contribution in [0.4, 0.5) is 4.79 Å². The van der Waals surface area contributed by atoms with Crippen LogP contribution < -0.4 is 10.6 Å². The van der Waals surface area contributed by atoms with Gasteiger partial charge in [-0.3, -0.25) is 4.90 Å². The van der Waals surface area contributed by atoms with Crippen molar-refractivity contribution in [2.24, 2.45) is 5.92 Å². The predicted octanol–water partition coefficient (Wildman–Crippen LogP) is 4.29. The van der Waals surface area contributed by atoms with E-state index in [2.05, 4.69) is 57.3 Å². The van der Waals surface area contributed by atoms with Gasteiger partial charge in [0.2, 0.25) is 0 Å². The Morgan fingerprint density at radius 1 is 1.12 bits per heavy atom. The molecule has 1 aromatic heterocycles. The lowest BCUT2D eigenvalue weighted by atomic mass is 10.1. The number of rotatable bonds is 7. The molecule has 2 heterocycles. The summed E-state index contributed by atoms with van der Waals surface area (Å²) in [5.74, 6) is 0.601. The van der Waals surface area contributed by atoms with Crippen LogP contribution in [0.15, 0.2) is 41.8 Å². The van der Waals surface area contributed by atoms with Crippen LogP contribution in [0, 0.1) is 5.92 Å². The quantitative estimate of drug-likeness (QED) is 0.764. The van der Waals surface area contributed by atoms with Crippen LogP contribution in [0.3, 0.4) is 0 Å². The van der Waals surface area contributed by atoms with E-state index in [1.807, 2.05) is 0 Å². The van der Waals surface area contributed by atoms with Gasteiger partial charge in [0.25, 0.3) is 0 Å². The molecule has 0 radical (unpaired) electrons. The fourth-order valence-electron chi connectivity index (χ4n) is 3.66. The van der Waals surface area contributed by atoms with Gasteiger partial charge in [0, 0.05) is 18.0 Å². The topological polar surface area (TPSA) is 44.4 Å². The zero-order valence-corrected chi connectivity index (χ0v) is 15.9. The van der Waals surface area contributed by atoms with Gasteiger partial charge in [-0.05, 0) is 67.3 Å². The molecule has 1 saturated carbocycles.